The molecule has 23 heavy (non-hydrogen) atoms. The molecule has 1 rings (SSSR count). The van der Waals surface area contributed by atoms with Gasteiger partial charge in [0.15, 0.2) is 5.96 Å². The zero-order valence-corrected chi connectivity index (χ0v) is 15.3. The van der Waals surface area contributed by atoms with Crippen LogP contribution in [0.5, 0.6) is 0 Å². The number of thiophene rings is 1. The van der Waals surface area contributed by atoms with Gasteiger partial charge in [0.05, 0.1) is 6.54 Å². The Bertz CT molecular complexity index is 585. The van der Waals surface area contributed by atoms with E-state index in [0.717, 1.165) is 55.2 Å². The highest BCUT2D eigenvalue weighted by atomic mass is 32.2. The van der Waals surface area contributed by atoms with Crippen LogP contribution in [-0.2, 0) is 21.3 Å². The van der Waals surface area contributed by atoms with E-state index in [0.29, 0.717) is 12.5 Å². The van der Waals surface area contributed by atoms with Crippen LogP contribution in [0.15, 0.2) is 21.3 Å². The summed E-state index contributed by atoms with van der Waals surface area (Å²) in [7, 11) is -1.93. The van der Waals surface area contributed by atoms with Crippen LogP contribution in [0.4, 0.5) is 0 Å². The Morgan fingerprint density at radius 3 is 2.65 bits per heavy atom. The van der Waals surface area contributed by atoms with Crippen LogP contribution in [0.25, 0.3) is 0 Å². The number of primary sulfonamides is 1. The molecule has 0 aliphatic heterocycles. The maximum absolute atomic E-state index is 11.2. The number of nitrogens with zero attached hydrogens (tertiary/aromatic N) is 1. The number of sulfonamides is 1. The first kappa shape index (κ1) is 19.9. The van der Waals surface area contributed by atoms with Crippen molar-refractivity contribution in [2.45, 2.75) is 36.9 Å². The number of ether oxygens (including phenoxy) is 1. The van der Waals surface area contributed by atoms with E-state index in [4.69, 9.17) is 9.88 Å². The number of nitrogens with two attached hydrogens (primary N) is 1. The summed E-state index contributed by atoms with van der Waals surface area (Å²) in [5, 5.41) is 11.4. The second-order valence-corrected chi connectivity index (χ2v) is 7.89. The average molecular weight is 363 g/mol. The minimum atomic E-state index is -3.62. The van der Waals surface area contributed by atoms with Gasteiger partial charge in [-0.05, 0) is 25.0 Å². The normalized spacial score (nSPS) is 12.4. The van der Waals surface area contributed by atoms with Crippen molar-refractivity contribution in [2.24, 2.45) is 10.1 Å². The number of hydrogen-bond donors (Lipinski definition) is 3. The molecule has 0 aliphatic rings. The van der Waals surface area contributed by atoms with Gasteiger partial charge in [-0.15, -0.1) is 11.3 Å². The van der Waals surface area contributed by atoms with E-state index >= 15 is 0 Å². The van der Waals surface area contributed by atoms with Gasteiger partial charge < -0.3 is 15.4 Å². The summed E-state index contributed by atoms with van der Waals surface area (Å²) in [6.45, 7) is 4.94. The largest absolute Gasteiger partial charge is 0.381 e. The van der Waals surface area contributed by atoms with Crippen molar-refractivity contribution < 1.29 is 13.2 Å². The summed E-state index contributed by atoms with van der Waals surface area (Å²) in [5.74, 6) is 0.670. The minimum Gasteiger partial charge on any atom is -0.381 e. The lowest BCUT2D eigenvalue weighted by molar-refractivity contribution is 0.129. The first-order valence-electron chi connectivity index (χ1n) is 7.61. The average Bonchev–Trinajstić information content (AvgIpc) is 2.98. The predicted molar refractivity (Wildman–Crippen MR) is 94.2 cm³/mol. The molecule has 0 bridgehead atoms. The number of nitrogens with one attached hydrogen (secondary N) is 2. The summed E-state index contributed by atoms with van der Waals surface area (Å²) < 4.78 is 28.1. The van der Waals surface area contributed by atoms with E-state index in [1.54, 1.807) is 13.1 Å². The fourth-order valence-corrected chi connectivity index (χ4v) is 3.45. The Morgan fingerprint density at radius 1 is 1.30 bits per heavy atom. The fourth-order valence-electron chi connectivity index (χ4n) is 1.73. The molecule has 1 heterocycles. The molecule has 0 atom stereocenters. The highest BCUT2D eigenvalue weighted by Crippen LogP contribution is 2.19. The zero-order valence-electron chi connectivity index (χ0n) is 13.7. The quantitative estimate of drug-likeness (QED) is 0.330. The SMILES string of the molecule is CCCCOCCCNC(=NC)NCc1ccc(S(N)(=O)=O)s1. The monoisotopic (exact) mass is 362 g/mol. The molecule has 0 aromatic carbocycles. The lowest BCUT2D eigenvalue weighted by atomic mass is 10.4. The van der Waals surface area contributed by atoms with Crippen molar-refractivity contribution >= 4 is 27.3 Å². The lowest BCUT2D eigenvalue weighted by Crippen LogP contribution is -2.37. The molecule has 0 saturated carbocycles. The van der Waals surface area contributed by atoms with Crippen LogP contribution in [-0.4, -0.2) is 41.2 Å². The minimum absolute atomic E-state index is 0.168. The van der Waals surface area contributed by atoms with Gasteiger partial charge in [0.1, 0.15) is 4.21 Å². The lowest BCUT2D eigenvalue weighted by Gasteiger charge is -2.11. The number of hydrogen-bond acceptors (Lipinski definition) is 5. The Balaban J connectivity index is 2.25. The number of rotatable bonds is 10. The van der Waals surface area contributed by atoms with Gasteiger partial charge >= 0.3 is 0 Å². The molecule has 0 radical (unpaired) electrons. The van der Waals surface area contributed by atoms with Crippen LogP contribution in [0.3, 0.4) is 0 Å². The van der Waals surface area contributed by atoms with Gasteiger partial charge in [0.25, 0.3) is 0 Å². The topological polar surface area (TPSA) is 106 Å². The van der Waals surface area contributed by atoms with Crippen LogP contribution in [0.1, 0.15) is 31.1 Å². The fraction of sp³-hybridized carbons (Fsp3) is 0.643. The molecule has 1 aromatic heterocycles. The Labute approximate surface area is 142 Å². The molecule has 9 heteroatoms. The number of aliphatic imine (C=N–C) groups is 1. The molecule has 0 unspecified atom stereocenters. The predicted octanol–water partition coefficient (Wildman–Crippen LogP) is 1.27. The molecular formula is C14H26N4O3S2. The first-order chi connectivity index (χ1) is 11.0. The third-order valence-electron chi connectivity index (χ3n) is 2.97. The summed E-state index contributed by atoms with van der Waals surface area (Å²) in [6.07, 6.45) is 3.14. The molecule has 0 fully saturated rings. The standard InChI is InChI=1S/C14H26N4O3S2/c1-3-4-9-21-10-5-8-17-14(16-2)18-11-12-6-7-13(22-12)23(15,19)20/h6-7H,3-5,8-11H2,1-2H3,(H2,15,19,20)(H2,16,17,18). The molecule has 0 aliphatic carbocycles. The van der Waals surface area contributed by atoms with E-state index in [2.05, 4.69) is 22.5 Å². The molecule has 1 aromatic rings. The summed E-state index contributed by atoms with van der Waals surface area (Å²) >= 11 is 1.15. The van der Waals surface area contributed by atoms with Gasteiger partial charge in [0, 0.05) is 31.7 Å². The molecular weight excluding hydrogens is 336 g/mol. The summed E-state index contributed by atoms with van der Waals surface area (Å²) in [6, 6.07) is 3.26. The van der Waals surface area contributed by atoms with E-state index < -0.39 is 10.0 Å². The molecule has 132 valence electrons. The Hall–Kier alpha value is -1.16. The maximum Gasteiger partial charge on any atom is 0.247 e. The third kappa shape index (κ3) is 8.31. The van der Waals surface area contributed by atoms with Gasteiger partial charge in [-0.1, -0.05) is 13.3 Å². The van der Waals surface area contributed by atoms with Gasteiger partial charge in [0.2, 0.25) is 10.0 Å². The number of unbranched alkanes of at least 4 members (excludes halogenated alkanes) is 1. The summed E-state index contributed by atoms with van der Waals surface area (Å²) in [5.41, 5.74) is 0. The van der Waals surface area contributed by atoms with E-state index in [-0.39, 0.29) is 4.21 Å². The highest BCUT2D eigenvalue weighted by Gasteiger charge is 2.11. The molecule has 0 saturated heterocycles. The van der Waals surface area contributed by atoms with Crippen molar-refractivity contribution in [1.29, 1.82) is 0 Å². The van der Waals surface area contributed by atoms with Crippen molar-refractivity contribution in [3.05, 3.63) is 17.0 Å². The van der Waals surface area contributed by atoms with E-state index in [9.17, 15) is 8.42 Å². The van der Waals surface area contributed by atoms with Crippen LogP contribution in [0, 0.1) is 0 Å². The van der Waals surface area contributed by atoms with Gasteiger partial charge in [-0.25, -0.2) is 13.6 Å². The van der Waals surface area contributed by atoms with Crippen molar-refractivity contribution in [3.63, 3.8) is 0 Å². The Morgan fingerprint density at radius 2 is 2.04 bits per heavy atom. The molecule has 0 amide bonds. The van der Waals surface area contributed by atoms with Crippen molar-refractivity contribution in [2.75, 3.05) is 26.8 Å². The van der Waals surface area contributed by atoms with Crippen LogP contribution >= 0.6 is 11.3 Å². The zero-order chi connectivity index (χ0) is 17.1. The van der Waals surface area contributed by atoms with Crippen molar-refractivity contribution in [3.8, 4) is 0 Å². The van der Waals surface area contributed by atoms with Gasteiger partial charge in [-0.3, -0.25) is 4.99 Å². The van der Waals surface area contributed by atoms with Crippen LogP contribution in [0.2, 0.25) is 0 Å². The molecule has 4 N–H and O–H groups in total. The second kappa shape index (κ2) is 10.6. The van der Waals surface area contributed by atoms with Crippen LogP contribution < -0.4 is 15.8 Å². The first-order valence-corrected chi connectivity index (χ1v) is 9.97. The highest BCUT2D eigenvalue weighted by molar-refractivity contribution is 7.91. The molecule has 0 spiro atoms. The third-order valence-corrected chi connectivity index (χ3v) is 5.49. The molecule has 7 nitrogen and oxygen atoms in total. The van der Waals surface area contributed by atoms with Gasteiger partial charge in [-0.2, -0.15) is 0 Å². The van der Waals surface area contributed by atoms with Crippen molar-refractivity contribution in [1.82, 2.24) is 10.6 Å². The second-order valence-electron chi connectivity index (χ2n) is 4.94. The number of guanidine groups is 1. The van der Waals surface area contributed by atoms with E-state index in [1.165, 1.54) is 6.07 Å². The smallest absolute Gasteiger partial charge is 0.247 e. The maximum atomic E-state index is 11.2. The Kier molecular flexibility index (Phi) is 9.15. The van der Waals surface area contributed by atoms with E-state index in [1.807, 2.05) is 0 Å². The summed E-state index contributed by atoms with van der Waals surface area (Å²) in [4.78, 5) is 5.00.